The molecule has 0 bridgehead atoms. The van der Waals surface area contributed by atoms with Crippen LogP contribution < -0.4 is 29.0 Å². The number of methoxy groups -OCH3 is 3. The van der Waals surface area contributed by atoms with Gasteiger partial charge in [0.1, 0.15) is 12.4 Å². The molecule has 1 N–H and O–H groups in total. The Morgan fingerprint density at radius 1 is 0.707 bits per heavy atom. The van der Waals surface area contributed by atoms with Crippen LogP contribution in [0.2, 0.25) is 0 Å². The van der Waals surface area contributed by atoms with Gasteiger partial charge in [0.05, 0.1) is 87.5 Å². The third-order valence-electron chi connectivity index (χ3n) is 13.9. The summed E-state index contributed by atoms with van der Waals surface area (Å²) in [5.41, 5.74) is 6.85. The van der Waals surface area contributed by atoms with Crippen LogP contribution in [0.5, 0.6) is 28.7 Å². The van der Waals surface area contributed by atoms with Gasteiger partial charge >= 0.3 is 5.97 Å². The van der Waals surface area contributed by atoms with Crippen molar-refractivity contribution in [1.82, 2.24) is 15.1 Å². The molecule has 0 aliphatic carbocycles. The predicted molar refractivity (Wildman–Crippen MR) is 287 cm³/mol. The van der Waals surface area contributed by atoms with Crippen molar-refractivity contribution in [2.24, 2.45) is 21.8 Å². The molecule has 4 aromatic rings. The smallest absolute Gasteiger partial charge is 0.306 e. The van der Waals surface area contributed by atoms with Gasteiger partial charge in [0.25, 0.3) is 11.8 Å². The highest BCUT2D eigenvalue weighted by molar-refractivity contribution is 6.06. The van der Waals surface area contributed by atoms with E-state index in [1.165, 1.54) is 6.08 Å². The average Bonchev–Trinajstić information content (AvgIpc) is 4.01. The van der Waals surface area contributed by atoms with Crippen LogP contribution in [0, 0.1) is 11.8 Å². The fraction of sp³-hybridized carbons (Fsp3) is 0.373. The second kappa shape index (κ2) is 24.3. The molecule has 0 aromatic heterocycles. The molecule has 0 saturated heterocycles. The minimum atomic E-state index is -0.713. The number of fused-ring (bicyclic) bond motifs is 4. The number of nitrogens with zero attached hydrogens (tertiary/aromatic N) is 4. The zero-order valence-electron chi connectivity index (χ0n) is 43.5. The summed E-state index contributed by atoms with van der Waals surface area (Å²) >= 11 is 0. The Morgan fingerprint density at radius 2 is 1.23 bits per heavy atom. The molecule has 4 heterocycles. The second-order valence-corrected chi connectivity index (χ2v) is 19.3. The Balaban J connectivity index is 0.795. The summed E-state index contributed by atoms with van der Waals surface area (Å²) < 4.78 is 34.1. The van der Waals surface area contributed by atoms with Gasteiger partial charge in [-0.25, -0.2) is 0 Å². The van der Waals surface area contributed by atoms with Crippen LogP contribution in [0.25, 0.3) is 11.1 Å². The van der Waals surface area contributed by atoms with Crippen LogP contribution >= 0.6 is 0 Å². The van der Waals surface area contributed by atoms with Gasteiger partial charge in [-0.1, -0.05) is 62.9 Å². The lowest BCUT2D eigenvalue weighted by molar-refractivity contribution is -0.146. The molecule has 16 heteroatoms. The normalized spacial score (nSPS) is 17.1. The summed E-state index contributed by atoms with van der Waals surface area (Å²) in [6, 6.07) is 21.4. The molecule has 3 amide bonds. The third kappa shape index (κ3) is 12.5. The number of ketones is 1. The standard InChI is InChI=1S/C59H65N5O11/c1-8-22-75-56(66)29-46(36(2)3)57(67)62-37(4)51(65)21-14-38-12-15-39(16-13-38)41-25-43-32-60-49-30-54(52(71-6)27-47(49)58(68)63(43)34-41)73-23-10-9-11-24-74-55-31-50-48(28-53(55)72-7)59(69)64-35-42(26-44(64)33-61-50)40-17-19-45(70-5)20-18-40/h8,12-13,15-20,27-28,30-37,43-44,46H,1,9-11,14,21-26,29H2,2-7H3,(H,62,67)/t37-,43-,44-,46-/m0/s1. The summed E-state index contributed by atoms with van der Waals surface area (Å²) in [6.45, 7) is 9.80. The van der Waals surface area contributed by atoms with E-state index < -0.39 is 17.9 Å². The molecule has 0 saturated carbocycles. The van der Waals surface area contributed by atoms with Crippen molar-refractivity contribution in [2.45, 2.75) is 90.3 Å². The van der Waals surface area contributed by atoms with Gasteiger partial charge in [-0.05, 0) is 90.6 Å². The predicted octanol–water partition coefficient (Wildman–Crippen LogP) is 9.68. The number of aryl methyl sites for hydroxylation is 1. The Bertz CT molecular complexity index is 2920. The van der Waals surface area contributed by atoms with E-state index >= 15 is 0 Å². The number of rotatable bonds is 24. The minimum absolute atomic E-state index is 0.0755. The van der Waals surface area contributed by atoms with Gasteiger partial charge in [-0.2, -0.15) is 0 Å². The van der Waals surface area contributed by atoms with Gasteiger partial charge in [0.2, 0.25) is 5.91 Å². The zero-order chi connectivity index (χ0) is 53.2. The lowest BCUT2D eigenvalue weighted by atomic mass is 9.91. The Kier molecular flexibility index (Phi) is 17.3. The first kappa shape index (κ1) is 53.3. The van der Waals surface area contributed by atoms with Crippen molar-refractivity contribution in [2.75, 3.05) is 41.2 Å². The molecule has 4 atom stereocenters. The van der Waals surface area contributed by atoms with Gasteiger partial charge in [0.15, 0.2) is 28.8 Å². The first-order valence-corrected chi connectivity index (χ1v) is 25.5. The largest absolute Gasteiger partial charge is 0.497 e. The lowest BCUT2D eigenvalue weighted by Crippen LogP contribution is -2.43. The van der Waals surface area contributed by atoms with Gasteiger partial charge in [0, 0.05) is 56.2 Å². The van der Waals surface area contributed by atoms with Gasteiger partial charge in [-0.3, -0.25) is 34.0 Å². The molecule has 16 nitrogen and oxygen atoms in total. The molecular formula is C59H65N5O11. The number of aliphatic imine (C=N–C) groups is 2. The quantitative estimate of drug-likeness (QED) is 0.0401. The molecule has 4 aliphatic rings. The van der Waals surface area contributed by atoms with Crippen LogP contribution in [0.1, 0.15) is 103 Å². The van der Waals surface area contributed by atoms with E-state index in [1.54, 1.807) is 68.5 Å². The van der Waals surface area contributed by atoms with Crippen molar-refractivity contribution >= 4 is 64.4 Å². The molecule has 4 aliphatic heterocycles. The summed E-state index contributed by atoms with van der Waals surface area (Å²) in [4.78, 5) is 79.0. The number of carbonyl (C=O) groups is 5. The Labute approximate surface area is 438 Å². The first-order chi connectivity index (χ1) is 36.3. The summed E-state index contributed by atoms with van der Waals surface area (Å²) in [5, 5.41) is 2.79. The number of Topliss-reactive ketones (excluding diaryl/α,β-unsaturated/α-hetero) is 1. The molecule has 392 valence electrons. The lowest BCUT2D eigenvalue weighted by Gasteiger charge is -2.22. The number of carbonyl (C=O) groups excluding carboxylic acids is 5. The fourth-order valence-electron chi connectivity index (χ4n) is 9.48. The van der Waals surface area contributed by atoms with Crippen molar-refractivity contribution < 1.29 is 52.4 Å². The molecule has 0 spiro atoms. The number of unbranched alkanes of at least 4 members (excludes halogenated alkanes) is 2. The molecule has 8 rings (SSSR count). The summed E-state index contributed by atoms with van der Waals surface area (Å²) in [6.07, 6.45) is 13.0. The number of nitrogens with one attached hydrogen (secondary N) is 1. The highest BCUT2D eigenvalue weighted by atomic mass is 16.5. The zero-order valence-corrected chi connectivity index (χ0v) is 43.5. The Morgan fingerprint density at radius 3 is 1.71 bits per heavy atom. The summed E-state index contributed by atoms with van der Waals surface area (Å²) in [5.74, 6) is 0.620. The van der Waals surface area contributed by atoms with E-state index in [0.717, 1.165) is 52.8 Å². The Hall–Kier alpha value is -8.01. The molecular weight excluding hydrogens is 955 g/mol. The van der Waals surface area contributed by atoms with Crippen LogP contribution in [-0.4, -0.2) is 111 Å². The van der Waals surface area contributed by atoms with E-state index in [0.29, 0.717) is 78.0 Å². The second-order valence-electron chi connectivity index (χ2n) is 19.3. The molecule has 0 unspecified atom stereocenters. The van der Waals surface area contributed by atoms with E-state index in [9.17, 15) is 24.0 Å². The topological polar surface area (TPSA) is 184 Å². The minimum Gasteiger partial charge on any atom is -0.497 e. The highest BCUT2D eigenvalue weighted by Crippen LogP contribution is 2.42. The third-order valence-corrected chi connectivity index (χ3v) is 13.9. The van der Waals surface area contributed by atoms with E-state index in [4.69, 9.17) is 38.4 Å². The monoisotopic (exact) mass is 1020 g/mol. The molecule has 0 radical (unpaired) electrons. The van der Waals surface area contributed by atoms with Crippen LogP contribution in [0.3, 0.4) is 0 Å². The maximum absolute atomic E-state index is 14.0. The van der Waals surface area contributed by atoms with Gasteiger partial charge in [-0.15, -0.1) is 0 Å². The summed E-state index contributed by atoms with van der Waals surface area (Å²) in [7, 11) is 4.73. The maximum Gasteiger partial charge on any atom is 0.306 e. The fourth-order valence-corrected chi connectivity index (χ4v) is 9.48. The number of hydrogen-bond donors (Lipinski definition) is 1. The van der Waals surface area contributed by atoms with Crippen molar-refractivity contribution in [3.8, 4) is 28.7 Å². The van der Waals surface area contributed by atoms with E-state index in [1.807, 2.05) is 81.0 Å². The number of benzene rings is 4. The number of hydrogen-bond acceptors (Lipinski definition) is 13. The average molecular weight is 1020 g/mol. The van der Waals surface area contributed by atoms with Crippen molar-refractivity contribution in [1.29, 1.82) is 0 Å². The number of amides is 3. The first-order valence-electron chi connectivity index (χ1n) is 25.5. The van der Waals surface area contributed by atoms with E-state index in [2.05, 4.69) is 11.9 Å². The van der Waals surface area contributed by atoms with Gasteiger partial charge < -0.3 is 43.5 Å². The van der Waals surface area contributed by atoms with Crippen LogP contribution in [0.4, 0.5) is 11.4 Å². The number of ether oxygens (including phenoxy) is 6. The molecule has 0 fully saturated rings. The SMILES string of the molecule is C=CCOC(=O)C[C@H](C(=O)N[C@@H](C)C(=O)CCc1ccc(C2=CN3C(=O)c4cc(OC)c(OCCCCCOc5cc6c(cc5OC)C(=O)N5C=C(c7ccc(OC)cc7)C[C@H]5C=N6)cc4N=C[C@@H]3C2)cc1)C(C)C. The maximum atomic E-state index is 14.0. The molecule has 4 aromatic carbocycles. The van der Waals surface area contributed by atoms with Crippen LogP contribution in [0.15, 0.2) is 108 Å². The molecule has 75 heavy (non-hydrogen) atoms. The number of esters is 1. The van der Waals surface area contributed by atoms with Crippen LogP contribution in [-0.2, 0) is 25.5 Å². The van der Waals surface area contributed by atoms with Crippen molar-refractivity contribution in [3.63, 3.8) is 0 Å². The van der Waals surface area contributed by atoms with Crippen molar-refractivity contribution in [3.05, 3.63) is 126 Å². The highest BCUT2D eigenvalue weighted by Gasteiger charge is 2.36. The van der Waals surface area contributed by atoms with E-state index in [-0.39, 0.29) is 61.0 Å².